The number of para-hydroxylation sites is 1. The molecule has 0 spiro atoms. The molecule has 2 aromatic rings. The Morgan fingerprint density at radius 2 is 1.68 bits per heavy atom. The predicted molar refractivity (Wildman–Crippen MR) is 77.9 cm³/mol. The summed E-state index contributed by atoms with van der Waals surface area (Å²) in [5, 5.41) is 0.609. The van der Waals surface area contributed by atoms with E-state index in [1.54, 1.807) is 18.2 Å². The molecular formula is C15H16ClNO2. The van der Waals surface area contributed by atoms with Crippen LogP contribution in [0.4, 0.5) is 5.69 Å². The Bertz CT molecular complexity index is 517. The zero-order valence-electron chi connectivity index (χ0n) is 10.5. The molecule has 0 fully saturated rings. The fourth-order valence-electron chi connectivity index (χ4n) is 1.60. The molecule has 2 rings (SSSR count). The molecule has 4 heteroatoms. The normalized spacial score (nSPS) is 10.2. The lowest BCUT2D eigenvalue weighted by atomic mass is 10.3. The van der Waals surface area contributed by atoms with Gasteiger partial charge in [0.25, 0.3) is 0 Å². The molecule has 2 aromatic carbocycles. The zero-order valence-corrected chi connectivity index (χ0v) is 11.3. The first kappa shape index (κ1) is 13.6. The third-order valence-corrected chi connectivity index (χ3v) is 2.77. The largest absolute Gasteiger partial charge is 0.493 e. The quantitative estimate of drug-likeness (QED) is 0.646. The van der Waals surface area contributed by atoms with Crippen molar-refractivity contribution in [3.8, 4) is 11.5 Å². The van der Waals surface area contributed by atoms with Gasteiger partial charge < -0.3 is 15.2 Å². The monoisotopic (exact) mass is 277 g/mol. The van der Waals surface area contributed by atoms with Crippen LogP contribution < -0.4 is 15.2 Å². The van der Waals surface area contributed by atoms with Gasteiger partial charge in [0.05, 0.1) is 18.9 Å². The van der Waals surface area contributed by atoms with E-state index in [-0.39, 0.29) is 0 Å². The topological polar surface area (TPSA) is 44.5 Å². The van der Waals surface area contributed by atoms with E-state index >= 15 is 0 Å². The third-order valence-electron chi connectivity index (χ3n) is 2.53. The zero-order chi connectivity index (χ0) is 13.5. The Balaban J connectivity index is 1.69. The smallest absolute Gasteiger partial charge is 0.142 e. The first-order valence-electron chi connectivity index (χ1n) is 6.11. The van der Waals surface area contributed by atoms with Crippen molar-refractivity contribution < 1.29 is 9.47 Å². The average molecular weight is 278 g/mol. The van der Waals surface area contributed by atoms with Gasteiger partial charge in [0.2, 0.25) is 0 Å². The van der Waals surface area contributed by atoms with Crippen molar-refractivity contribution >= 4 is 17.3 Å². The highest BCUT2D eigenvalue weighted by Gasteiger charge is 2.01. The Kier molecular flexibility index (Phi) is 4.93. The summed E-state index contributed by atoms with van der Waals surface area (Å²) in [6.07, 6.45) is 0.789. The van der Waals surface area contributed by atoms with Gasteiger partial charge >= 0.3 is 0 Å². The summed E-state index contributed by atoms with van der Waals surface area (Å²) in [4.78, 5) is 0. The maximum atomic E-state index is 5.81. The molecule has 0 atom stereocenters. The second-order valence-corrected chi connectivity index (χ2v) is 4.48. The van der Waals surface area contributed by atoms with E-state index in [0.29, 0.717) is 29.7 Å². The van der Waals surface area contributed by atoms with E-state index < -0.39 is 0 Å². The van der Waals surface area contributed by atoms with Gasteiger partial charge in [0.1, 0.15) is 11.5 Å². The van der Waals surface area contributed by atoms with Crippen LogP contribution in [0.1, 0.15) is 6.42 Å². The fraction of sp³-hybridized carbons (Fsp3) is 0.200. The summed E-state index contributed by atoms with van der Waals surface area (Å²) in [6, 6.07) is 14.9. The molecule has 0 aliphatic rings. The second kappa shape index (κ2) is 6.90. The van der Waals surface area contributed by atoms with Gasteiger partial charge in [0.15, 0.2) is 0 Å². The van der Waals surface area contributed by atoms with Crippen LogP contribution in [0.5, 0.6) is 11.5 Å². The van der Waals surface area contributed by atoms with Crippen LogP contribution in [0.3, 0.4) is 0 Å². The molecular weight excluding hydrogens is 262 g/mol. The molecule has 19 heavy (non-hydrogen) atoms. The number of anilines is 1. The van der Waals surface area contributed by atoms with Crippen LogP contribution in [0.15, 0.2) is 48.5 Å². The van der Waals surface area contributed by atoms with Crippen molar-refractivity contribution in [3.05, 3.63) is 53.6 Å². The van der Waals surface area contributed by atoms with Gasteiger partial charge in [0, 0.05) is 11.4 Å². The maximum absolute atomic E-state index is 5.81. The Labute approximate surface area is 117 Å². The Morgan fingerprint density at radius 1 is 0.947 bits per heavy atom. The molecule has 0 radical (unpaired) electrons. The van der Waals surface area contributed by atoms with Gasteiger partial charge in [-0.15, -0.1) is 0 Å². The summed E-state index contributed by atoms with van der Waals surface area (Å²) in [5.74, 6) is 1.53. The number of hydrogen-bond donors (Lipinski definition) is 1. The summed E-state index contributed by atoms with van der Waals surface area (Å²) in [6.45, 7) is 1.16. The summed E-state index contributed by atoms with van der Waals surface area (Å²) < 4.78 is 11.1. The van der Waals surface area contributed by atoms with Crippen LogP contribution in [0, 0.1) is 0 Å². The van der Waals surface area contributed by atoms with Crippen molar-refractivity contribution in [1.82, 2.24) is 0 Å². The average Bonchev–Trinajstić information content (AvgIpc) is 2.42. The fourth-order valence-corrected chi connectivity index (χ4v) is 1.78. The van der Waals surface area contributed by atoms with Crippen LogP contribution in [-0.2, 0) is 0 Å². The van der Waals surface area contributed by atoms with E-state index in [1.807, 2.05) is 30.3 Å². The Morgan fingerprint density at radius 3 is 2.42 bits per heavy atom. The lowest BCUT2D eigenvalue weighted by Crippen LogP contribution is -2.06. The van der Waals surface area contributed by atoms with Crippen molar-refractivity contribution in [3.63, 3.8) is 0 Å². The number of hydrogen-bond acceptors (Lipinski definition) is 3. The molecule has 0 bridgehead atoms. The molecule has 100 valence electrons. The standard InChI is InChI=1S/C15H16ClNO2/c16-12-7-8-15(14(17)11-12)19-10-4-9-18-13-5-2-1-3-6-13/h1-3,5-8,11H,4,9-10,17H2. The lowest BCUT2D eigenvalue weighted by molar-refractivity contribution is 0.248. The highest BCUT2D eigenvalue weighted by molar-refractivity contribution is 6.30. The molecule has 0 unspecified atom stereocenters. The molecule has 0 aromatic heterocycles. The molecule has 0 amide bonds. The number of nitrogens with two attached hydrogens (primary N) is 1. The summed E-state index contributed by atoms with van der Waals surface area (Å²) in [7, 11) is 0. The van der Waals surface area contributed by atoms with Crippen molar-refractivity contribution in [2.75, 3.05) is 18.9 Å². The molecule has 0 saturated carbocycles. The number of halogens is 1. The number of nitrogen functional groups attached to an aromatic ring is 1. The van der Waals surface area contributed by atoms with Gasteiger partial charge in [-0.05, 0) is 30.3 Å². The highest BCUT2D eigenvalue weighted by atomic mass is 35.5. The van der Waals surface area contributed by atoms with Crippen molar-refractivity contribution in [1.29, 1.82) is 0 Å². The number of benzene rings is 2. The number of ether oxygens (including phenoxy) is 2. The van der Waals surface area contributed by atoms with Gasteiger partial charge in [-0.3, -0.25) is 0 Å². The SMILES string of the molecule is Nc1cc(Cl)ccc1OCCCOc1ccccc1. The van der Waals surface area contributed by atoms with E-state index in [1.165, 1.54) is 0 Å². The van der Waals surface area contributed by atoms with Crippen LogP contribution in [-0.4, -0.2) is 13.2 Å². The lowest BCUT2D eigenvalue weighted by Gasteiger charge is -2.09. The van der Waals surface area contributed by atoms with E-state index in [2.05, 4.69) is 0 Å². The first-order chi connectivity index (χ1) is 9.25. The summed E-state index contributed by atoms with van der Waals surface area (Å²) in [5.41, 5.74) is 6.34. The highest BCUT2D eigenvalue weighted by Crippen LogP contribution is 2.24. The first-order valence-corrected chi connectivity index (χ1v) is 6.49. The predicted octanol–water partition coefficient (Wildman–Crippen LogP) is 3.77. The van der Waals surface area contributed by atoms with Crippen LogP contribution >= 0.6 is 11.6 Å². The third kappa shape index (κ3) is 4.38. The molecule has 0 aliphatic carbocycles. The van der Waals surface area contributed by atoms with E-state index in [9.17, 15) is 0 Å². The second-order valence-electron chi connectivity index (χ2n) is 4.05. The van der Waals surface area contributed by atoms with E-state index in [4.69, 9.17) is 26.8 Å². The minimum atomic E-state index is 0.552. The van der Waals surface area contributed by atoms with E-state index in [0.717, 1.165) is 12.2 Å². The van der Waals surface area contributed by atoms with Crippen LogP contribution in [0.25, 0.3) is 0 Å². The van der Waals surface area contributed by atoms with Gasteiger partial charge in [-0.25, -0.2) is 0 Å². The minimum Gasteiger partial charge on any atom is -0.493 e. The van der Waals surface area contributed by atoms with Gasteiger partial charge in [-0.1, -0.05) is 29.8 Å². The van der Waals surface area contributed by atoms with Crippen LogP contribution in [0.2, 0.25) is 5.02 Å². The van der Waals surface area contributed by atoms with Crippen molar-refractivity contribution in [2.24, 2.45) is 0 Å². The molecule has 0 aliphatic heterocycles. The van der Waals surface area contributed by atoms with Crippen molar-refractivity contribution in [2.45, 2.75) is 6.42 Å². The molecule has 2 N–H and O–H groups in total. The number of rotatable bonds is 6. The maximum Gasteiger partial charge on any atom is 0.142 e. The molecule has 3 nitrogen and oxygen atoms in total. The molecule has 0 saturated heterocycles. The van der Waals surface area contributed by atoms with Gasteiger partial charge in [-0.2, -0.15) is 0 Å². The Hall–Kier alpha value is -1.87. The molecule has 0 heterocycles. The summed E-state index contributed by atoms with van der Waals surface area (Å²) >= 11 is 5.81. The minimum absolute atomic E-state index is 0.552.